The molecule has 100 valence electrons. The molecular formula is C14H21FN2O. The summed E-state index contributed by atoms with van der Waals surface area (Å²) in [5.74, 6) is -0.198. The Bertz CT molecular complexity index is 369. The third-order valence-electron chi connectivity index (χ3n) is 3.60. The monoisotopic (exact) mass is 252 g/mol. The van der Waals surface area contributed by atoms with Gasteiger partial charge in [0.2, 0.25) is 0 Å². The summed E-state index contributed by atoms with van der Waals surface area (Å²) in [7, 11) is 1.92. The van der Waals surface area contributed by atoms with Crippen LogP contribution >= 0.6 is 0 Å². The van der Waals surface area contributed by atoms with E-state index in [0.717, 1.165) is 38.0 Å². The van der Waals surface area contributed by atoms with E-state index in [-0.39, 0.29) is 18.0 Å². The Balaban J connectivity index is 1.87. The highest BCUT2D eigenvalue weighted by Crippen LogP contribution is 2.19. The van der Waals surface area contributed by atoms with Crippen LogP contribution in [0.2, 0.25) is 0 Å². The maximum Gasteiger partial charge on any atom is 0.123 e. The maximum absolute atomic E-state index is 12.9. The van der Waals surface area contributed by atoms with Crippen molar-refractivity contribution in [2.45, 2.75) is 25.0 Å². The van der Waals surface area contributed by atoms with Crippen molar-refractivity contribution in [3.63, 3.8) is 0 Å². The zero-order valence-corrected chi connectivity index (χ0v) is 10.8. The summed E-state index contributed by atoms with van der Waals surface area (Å²) in [6.07, 6.45) is 1.68. The number of rotatable bonds is 5. The van der Waals surface area contributed by atoms with Gasteiger partial charge in [-0.15, -0.1) is 0 Å². The van der Waals surface area contributed by atoms with Gasteiger partial charge in [-0.05, 0) is 37.6 Å². The third-order valence-corrected chi connectivity index (χ3v) is 3.60. The van der Waals surface area contributed by atoms with Crippen molar-refractivity contribution >= 4 is 0 Å². The van der Waals surface area contributed by atoms with Gasteiger partial charge in [0.25, 0.3) is 0 Å². The molecule has 0 aromatic heterocycles. The number of β-amino-alcohol motifs (C(OH)–C–C–N with tert-alkyl or cyclic N) is 1. The lowest BCUT2D eigenvalue weighted by Gasteiger charge is -2.21. The van der Waals surface area contributed by atoms with Crippen LogP contribution in [0.5, 0.6) is 0 Å². The number of aliphatic hydroxyl groups is 1. The molecule has 1 saturated heterocycles. The number of benzene rings is 1. The standard InChI is InChI=1S/C14H21FN2O/c1-16-14(11-2-4-12(15)5-3-11)7-9-17-8-6-13(18)10-17/h2-5,13-14,16,18H,6-10H2,1H3. The molecule has 2 unspecified atom stereocenters. The molecule has 18 heavy (non-hydrogen) atoms. The first kappa shape index (κ1) is 13.5. The molecule has 2 rings (SSSR count). The first-order valence-corrected chi connectivity index (χ1v) is 6.52. The number of likely N-dealkylation sites (tertiary alicyclic amines) is 1. The molecule has 2 atom stereocenters. The van der Waals surface area contributed by atoms with E-state index in [9.17, 15) is 9.50 Å². The topological polar surface area (TPSA) is 35.5 Å². The van der Waals surface area contributed by atoms with Crippen LogP contribution in [-0.2, 0) is 0 Å². The number of hydrogen-bond acceptors (Lipinski definition) is 3. The number of aliphatic hydroxyl groups excluding tert-OH is 1. The summed E-state index contributed by atoms with van der Waals surface area (Å²) in [5, 5.41) is 12.7. The van der Waals surface area contributed by atoms with Gasteiger partial charge in [-0.25, -0.2) is 4.39 Å². The molecule has 0 radical (unpaired) electrons. The molecule has 1 aliphatic heterocycles. The van der Waals surface area contributed by atoms with Gasteiger partial charge in [0.05, 0.1) is 6.10 Å². The Morgan fingerprint density at radius 1 is 1.44 bits per heavy atom. The molecule has 3 nitrogen and oxygen atoms in total. The summed E-state index contributed by atoms with van der Waals surface area (Å²) in [5.41, 5.74) is 1.11. The minimum Gasteiger partial charge on any atom is -0.392 e. The maximum atomic E-state index is 12.9. The average Bonchev–Trinajstić information content (AvgIpc) is 2.78. The minimum atomic E-state index is -0.198. The molecule has 2 N–H and O–H groups in total. The van der Waals surface area contributed by atoms with Gasteiger partial charge in [0.1, 0.15) is 5.82 Å². The first-order valence-electron chi connectivity index (χ1n) is 6.52. The molecule has 0 aliphatic carbocycles. The fraction of sp³-hybridized carbons (Fsp3) is 0.571. The highest BCUT2D eigenvalue weighted by molar-refractivity contribution is 5.19. The second-order valence-electron chi connectivity index (χ2n) is 4.92. The summed E-state index contributed by atoms with van der Waals surface area (Å²) in [4.78, 5) is 2.28. The average molecular weight is 252 g/mol. The van der Waals surface area contributed by atoms with Gasteiger partial charge in [0, 0.05) is 25.7 Å². The fourth-order valence-corrected chi connectivity index (χ4v) is 2.50. The minimum absolute atomic E-state index is 0.163. The zero-order valence-electron chi connectivity index (χ0n) is 10.8. The van der Waals surface area contributed by atoms with E-state index in [2.05, 4.69) is 10.2 Å². The third kappa shape index (κ3) is 3.51. The fourth-order valence-electron chi connectivity index (χ4n) is 2.50. The van der Waals surface area contributed by atoms with Crippen molar-refractivity contribution in [3.8, 4) is 0 Å². The number of hydrogen-bond donors (Lipinski definition) is 2. The van der Waals surface area contributed by atoms with E-state index < -0.39 is 0 Å². The van der Waals surface area contributed by atoms with Crippen molar-refractivity contribution in [3.05, 3.63) is 35.6 Å². The van der Waals surface area contributed by atoms with Crippen LogP contribution in [0, 0.1) is 5.82 Å². The van der Waals surface area contributed by atoms with Crippen molar-refractivity contribution in [1.29, 1.82) is 0 Å². The second kappa shape index (κ2) is 6.27. The van der Waals surface area contributed by atoms with Crippen LogP contribution in [0.4, 0.5) is 4.39 Å². The molecule has 1 heterocycles. The van der Waals surface area contributed by atoms with E-state index in [1.807, 2.05) is 19.2 Å². The summed E-state index contributed by atoms with van der Waals surface area (Å²) >= 11 is 0. The van der Waals surface area contributed by atoms with Crippen LogP contribution in [0.15, 0.2) is 24.3 Å². The van der Waals surface area contributed by atoms with Crippen LogP contribution in [0.25, 0.3) is 0 Å². The van der Waals surface area contributed by atoms with E-state index in [1.54, 1.807) is 0 Å². The Hall–Kier alpha value is -0.970. The van der Waals surface area contributed by atoms with Gasteiger partial charge >= 0.3 is 0 Å². The van der Waals surface area contributed by atoms with Crippen LogP contribution in [0.3, 0.4) is 0 Å². The van der Waals surface area contributed by atoms with E-state index in [1.165, 1.54) is 12.1 Å². The predicted octanol–water partition coefficient (Wildman–Crippen LogP) is 1.54. The van der Waals surface area contributed by atoms with Gasteiger partial charge in [-0.3, -0.25) is 0 Å². The number of halogens is 1. The largest absolute Gasteiger partial charge is 0.392 e. The molecule has 4 heteroatoms. The van der Waals surface area contributed by atoms with Crippen molar-refractivity contribution < 1.29 is 9.50 Å². The molecule has 1 fully saturated rings. The second-order valence-corrected chi connectivity index (χ2v) is 4.92. The van der Waals surface area contributed by atoms with E-state index >= 15 is 0 Å². The molecule has 1 aromatic carbocycles. The highest BCUT2D eigenvalue weighted by atomic mass is 19.1. The highest BCUT2D eigenvalue weighted by Gasteiger charge is 2.20. The Labute approximate surface area is 108 Å². The van der Waals surface area contributed by atoms with Crippen molar-refractivity contribution in [1.82, 2.24) is 10.2 Å². The van der Waals surface area contributed by atoms with Gasteiger partial charge in [-0.1, -0.05) is 12.1 Å². The SMILES string of the molecule is CNC(CCN1CCC(O)C1)c1ccc(F)cc1. The molecule has 1 aromatic rings. The molecular weight excluding hydrogens is 231 g/mol. The Morgan fingerprint density at radius 2 is 2.17 bits per heavy atom. The molecule has 0 bridgehead atoms. The van der Waals surface area contributed by atoms with Crippen molar-refractivity contribution in [2.24, 2.45) is 0 Å². The molecule has 0 saturated carbocycles. The van der Waals surface area contributed by atoms with Crippen LogP contribution < -0.4 is 5.32 Å². The molecule has 0 amide bonds. The summed E-state index contributed by atoms with van der Waals surface area (Å²) in [6.45, 7) is 2.71. The van der Waals surface area contributed by atoms with E-state index in [4.69, 9.17) is 0 Å². The quantitative estimate of drug-likeness (QED) is 0.834. The normalized spacial score (nSPS) is 22.3. The predicted molar refractivity (Wildman–Crippen MR) is 69.9 cm³/mol. The Kier molecular flexibility index (Phi) is 4.69. The summed E-state index contributed by atoms with van der Waals surface area (Å²) < 4.78 is 12.9. The Morgan fingerprint density at radius 3 is 2.72 bits per heavy atom. The molecule has 1 aliphatic rings. The molecule has 0 spiro atoms. The lowest BCUT2D eigenvalue weighted by molar-refractivity contribution is 0.175. The van der Waals surface area contributed by atoms with Gasteiger partial charge in [-0.2, -0.15) is 0 Å². The van der Waals surface area contributed by atoms with Gasteiger partial charge < -0.3 is 15.3 Å². The first-order chi connectivity index (χ1) is 8.69. The number of nitrogens with zero attached hydrogens (tertiary/aromatic N) is 1. The van der Waals surface area contributed by atoms with Crippen molar-refractivity contribution in [2.75, 3.05) is 26.7 Å². The van der Waals surface area contributed by atoms with Gasteiger partial charge in [0.15, 0.2) is 0 Å². The lowest BCUT2D eigenvalue weighted by Crippen LogP contribution is -2.27. The smallest absolute Gasteiger partial charge is 0.123 e. The number of nitrogens with one attached hydrogen (secondary N) is 1. The lowest BCUT2D eigenvalue weighted by atomic mass is 10.0. The summed E-state index contributed by atoms with van der Waals surface area (Å²) in [6, 6.07) is 6.90. The van der Waals surface area contributed by atoms with Crippen LogP contribution in [0.1, 0.15) is 24.4 Å². The zero-order chi connectivity index (χ0) is 13.0. The van der Waals surface area contributed by atoms with Crippen LogP contribution in [-0.4, -0.2) is 42.8 Å². The van der Waals surface area contributed by atoms with E-state index in [0.29, 0.717) is 0 Å².